The summed E-state index contributed by atoms with van der Waals surface area (Å²) in [7, 11) is 5.93. The molecular formula is C5H11BN. The molecule has 0 amide bonds. The Labute approximate surface area is 46.3 Å². The highest BCUT2D eigenvalue weighted by atomic mass is 15.0. The number of hydrogen-bond acceptors (Lipinski definition) is 1. The molecule has 0 atom stereocenters. The highest BCUT2D eigenvalue weighted by molar-refractivity contribution is 6.41. The van der Waals surface area contributed by atoms with E-state index in [1.54, 1.807) is 0 Å². The summed E-state index contributed by atoms with van der Waals surface area (Å²) in [6.45, 7) is 5.67. The molecule has 1 nitrogen and oxygen atoms in total. The molecule has 0 N–H and O–H groups in total. The van der Waals surface area contributed by atoms with Crippen LogP contribution in [0.3, 0.4) is 0 Å². The van der Waals surface area contributed by atoms with Crippen LogP contribution in [0, 0.1) is 0 Å². The van der Waals surface area contributed by atoms with Gasteiger partial charge in [-0.3, -0.25) is 0 Å². The number of rotatable bonds is 2. The second kappa shape index (κ2) is 2.86. The van der Waals surface area contributed by atoms with E-state index >= 15 is 0 Å². The highest BCUT2D eigenvalue weighted by Gasteiger charge is 1.89. The molecule has 0 rings (SSSR count). The van der Waals surface area contributed by atoms with Gasteiger partial charge in [0.2, 0.25) is 7.41 Å². The molecule has 0 aromatic rings. The summed E-state index contributed by atoms with van der Waals surface area (Å²) in [6.07, 6.45) is 0. The van der Waals surface area contributed by atoms with Crippen LogP contribution in [0.4, 0.5) is 0 Å². The van der Waals surface area contributed by atoms with Crippen LogP contribution in [0.25, 0.3) is 0 Å². The third-order valence-corrected chi connectivity index (χ3v) is 0.479. The summed E-state index contributed by atoms with van der Waals surface area (Å²) in [6, 6.07) is 0. The standard InChI is InChI=1S/C5H11BN/c1-5(2)6-7(3)4/h1H2,2-4H3. The molecule has 0 aliphatic rings. The first-order valence-electron chi connectivity index (χ1n) is 2.29. The van der Waals surface area contributed by atoms with Crippen molar-refractivity contribution in [3.8, 4) is 0 Å². The molecule has 0 saturated carbocycles. The molecule has 0 aromatic carbocycles. The van der Waals surface area contributed by atoms with E-state index in [0.717, 1.165) is 5.47 Å². The Morgan fingerprint density at radius 3 is 2.00 bits per heavy atom. The van der Waals surface area contributed by atoms with E-state index in [4.69, 9.17) is 0 Å². The molecule has 0 spiro atoms. The van der Waals surface area contributed by atoms with E-state index in [0.29, 0.717) is 0 Å². The summed E-state index contributed by atoms with van der Waals surface area (Å²) in [4.78, 5) is 1.97. The van der Waals surface area contributed by atoms with Crippen LogP contribution in [-0.2, 0) is 0 Å². The smallest absolute Gasteiger partial charge is 0.241 e. The van der Waals surface area contributed by atoms with Gasteiger partial charge in [0, 0.05) is 0 Å². The van der Waals surface area contributed by atoms with Gasteiger partial charge in [-0.05, 0) is 14.1 Å². The van der Waals surface area contributed by atoms with Crippen molar-refractivity contribution in [3.05, 3.63) is 12.1 Å². The molecule has 0 fully saturated rings. The minimum atomic E-state index is 1.09. The van der Waals surface area contributed by atoms with Gasteiger partial charge in [-0.1, -0.05) is 12.4 Å². The average Bonchev–Trinajstić information content (AvgIpc) is 1.27. The maximum Gasteiger partial charge on any atom is 0.241 e. The largest absolute Gasteiger partial charge is 0.348 e. The summed E-state index contributed by atoms with van der Waals surface area (Å²) in [5, 5.41) is 0. The monoisotopic (exact) mass is 96.1 g/mol. The zero-order valence-corrected chi connectivity index (χ0v) is 5.23. The molecule has 0 saturated heterocycles. The molecule has 7 heavy (non-hydrogen) atoms. The fourth-order valence-electron chi connectivity index (χ4n) is 0.441. The number of nitrogens with zero attached hydrogens (tertiary/aromatic N) is 1. The fraction of sp³-hybridized carbons (Fsp3) is 0.600. The Morgan fingerprint density at radius 2 is 2.00 bits per heavy atom. The summed E-state index contributed by atoms with van der Waals surface area (Å²) in [5.41, 5.74) is 1.09. The summed E-state index contributed by atoms with van der Waals surface area (Å²) >= 11 is 0. The Morgan fingerprint density at radius 1 is 1.57 bits per heavy atom. The zero-order valence-electron chi connectivity index (χ0n) is 5.23. The maximum absolute atomic E-state index is 3.70. The maximum atomic E-state index is 3.70. The first-order chi connectivity index (χ1) is 3.13. The highest BCUT2D eigenvalue weighted by Crippen LogP contribution is 1.82. The zero-order chi connectivity index (χ0) is 5.86. The van der Waals surface area contributed by atoms with Gasteiger partial charge in [0.25, 0.3) is 0 Å². The van der Waals surface area contributed by atoms with Crippen molar-refractivity contribution < 1.29 is 0 Å². The lowest BCUT2D eigenvalue weighted by Gasteiger charge is -2.04. The lowest BCUT2D eigenvalue weighted by molar-refractivity contribution is 0.665. The minimum absolute atomic E-state index is 1.09. The summed E-state index contributed by atoms with van der Waals surface area (Å²) < 4.78 is 0. The molecule has 0 bridgehead atoms. The normalized spacial score (nSPS) is 9.14. The first kappa shape index (κ1) is 6.76. The topological polar surface area (TPSA) is 3.24 Å². The Bertz CT molecular complexity index is 68.5. The SMILES string of the molecule is C=C(C)[B]N(C)C. The fourth-order valence-corrected chi connectivity index (χ4v) is 0.441. The second-order valence-electron chi connectivity index (χ2n) is 1.94. The summed E-state index contributed by atoms with van der Waals surface area (Å²) in [5.74, 6) is 0. The van der Waals surface area contributed by atoms with Crippen LogP contribution < -0.4 is 0 Å². The predicted molar refractivity (Wildman–Crippen MR) is 34.3 cm³/mol. The molecule has 2 heteroatoms. The average molecular weight is 96.0 g/mol. The Balaban J connectivity index is 3.13. The van der Waals surface area contributed by atoms with E-state index in [2.05, 4.69) is 6.58 Å². The van der Waals surface area contributed by atoms with Crippen LogP contribution in [0.1, 0.15) is 6.92 Å². The molecule has 0 unspecified atom stereocenters. The molecule has 0 aromatic heterocycles. The lowest BCUT2D eigenvalue weighted by Crippen LogP contribution is -2.17. The van der Waals surface area contributed by atoms with Crippen LogP contribution in [-0.4, -0.2) is 26.3 Å². The van der Waals surface area contributed by atoms with E-state index < -0.39 is 0 Å². The van der Waals surface area contributed by atoms with Crippen LogP contribution >= 0.6 is 0 Å². The lowest BCUT2D eigenvalue weighted by atomic mass is 9.83. The van der Waals surface area contributed by atoms with E-state index in [1.165, 1.54) is 0 Å². The van der Waals surface area contributed by atoms with Gasteiger partial charge in [0.15, 0.2) is 0 Å². The molecule has 0 aliphatic carbocycles. The number of allylic oxidation sites excluding steroid dienone is 1. The van der Waals surface area contributed by atoms with Gasteiger partial charge >= 0.3 is 0 Å². The second-order valence-corrected chi connectivity index (χ2v) is 1.94. The molecule has 1 radical (unpaired) electrons. The van der Waals surface area contributed by atoms with E-state index in [1.807, 2.05) is 33.2 Å². The predicted octanol–water partition coefficient (Wildman–Crippen LogP) is 0.701. The van der Waals surface area contributed by atoms with Gasteiger partial charge in [0.1, 0.15) is 0 Å². The van der Waals surface area contributed by atoms with Crippen molar-refractivity contribution in [2.24, 2.45) is 0 Å². The van der Waals surface area contributed by atoms with Crippen molar-refractivity contribution in [3.63, 3.8) is 0 Å². The van der Waals surface area contributed by atoms with Crippen LogP contribution in [0.2, 0.25) is 0 Å². The third kappa shape index (κ3) is 5.76. The van der Waals surface area contributed by atoms with Gasteiger partial charge in [-0.15, -0.1) is 6.58 Å². The van der Waals surface area contributed by atoms with Crippen molar-refractivity contribution in [1.29, 1.82) is 0 Å². The molecule has 0 heterocycles. The molecule has 0 aliphatic heterocycles. The van der Waals surface area contributed by atoms with E-state index in [9.17, 15) is 0 Å². The first-order valence-corrected chi connectivity index (χ1v) is 2.29. The number of hydrogen-bond donors (Lipinski definition) is 0. The van der Waals surface area contributed by atoms with Gasteiger partial charge in [-0.25, -0.2) is 0 Å². The van der Waals surface area contributed by atoms with Gasteiger partial charge < -0.3 is 4.81 Å². The molecule has 39 valence electrons. The Hall–Kier alpha value is -0.235. The minimum Gasteiger partial charge on any atom is -0.348 e. The Kier molecular flexibility index (Phi) is 2.76. The van der Waals surface area contributed by atoms with Crippen molar-refractivity contribution in [1.82, 2.24) is 4.81 Å². The quantitative estimate of drug-likeness (QED) is 0.457. The van der Waals surface area contributed by atoms with Crippen LogP contribution in [0.15, 0.2) is 12.1 Å². The van der Waals surface area contributed by atoms with E-state index in [-0.39, 0.29) is 0 Å². The molecular weight excluding hydrogens is 84.9 g/mol. The van der Waals surface area contributed by atoms with Crippen molar-refractivity contribution >= 4 is 7.41 Å². The van der Waals surface area contributed by atoms with Crippen LogP contribution in [0.5, 0.6) is 0 Å². The van der Waals surface area contributed by atoms with Crippen molar-refractivity contribution in [2.45, 2.75) is 6.92 Å². The van der Waals surface area contributed by atoms with Gasteiger partial charge in [0.05, 0.1) is 0 Å². The third-order valence-electron chi connectivity index (χ3n) is 0.479. The van der Waals surface area contributed by atoms with Crippen molar-refractivity contribution in [2.75, 3.05) is 14.1 Å². The van der Waals surface area contributed by atoms with Gasteiger partial charge in [-0.2, -0.15) is 0 Å².